The van der Waals surface area contributed by atoms with Gasteiger partial charge < -0.3 is 10.1 Å². The average Bonchev–Trinajstić information content (AvgIpc) is 2.43. The van der Waals surface area contributed by atoms with E-state index in [1.54, 1.807) is 31.3 Å². The molecule has 1 atom stereocenters. The molecule has 0 bridgehead atoms. The Kier molecular flexibility index (Phi) is 4.93. The minimum Gasteiger partial charge on any atom is -0.492 e. The van der Waals surface area contributed by atoms with Gasteiger partial charge in [-0.2, -0.15) is 0 Å². The van der Waals surface area contributed by atoms with Gasteiger partial charge in [-0.05, 0) is 43.4 Å². The van der Waals surface area contributed by atoms with Gasteiger partial charge in [-0.25, -0.2) is 8.78 Å². The van der Waals surface area contributed by atoms with Crippen molar-refractivity contribution in [2.45, 2.75) is 6.04 Å². The van der Waals surface area contributed by atoms with E-state index < -0.39 is 17.7 Å². The summed E-state index contributed by atoms with van der Waals surface area (Å²) in [7, 11) is 1.66. The molecule has 0 radical (unpaired) electrons. The average molecular weight is 298 g/mol. The molecule has 1 unspecified atom stereocenters. The highest BCUT2D eigenvalue weighted by molar-refractivity contribution is 6.30. The van der Waals surface area contributed by atoms with Crippen molar-refractivity contribution >= 4 is 11.6 Å². The maximum absolute atomic E-state index is 13.7. The van der Waals surface area contributed by atoms with E-state index >= 15 is 0 Å². The maximum Gasteiger partial charge on any atom is 0.128 e. The summed E-state index contributed by atoms with van der Waals surface area (Å²) < 4.78 is 32.5. The predicted molar refractivity (Wildman–Crippen MR) is 75.1 cm³/mol. The summed E-state index contributed by atoms with van der Waals surface area (Å²) in [6, 6.07) is 9.81. The molecule has 106 valence electrons. The van der Waals surface area contributed by atoms with Crippen LogP contribution in [0.25, 0.3) is 0 Å². The van der Waals surface area contributed by atoms with Crippen molar-refractivity contribution in [3.63, 3.8) is 0 Å². The van der Waals surface area contributed by atoms with Gasteiger partial charge in [-0.15, -0.1) is 0 Å². The zero-order valence-electron chi connectivity index (χ0n) is 10.9. The monoisotopic (exact) mass is 297 g/mol. The molecule has 0 saturated carbocycles. The number of nitrogens with one attached hydrogen (secondary N) is 1. The largest absolute Gasteiger partial charge is 0.492 e. The first-order chi connectivity index (χ1) is 9.60. The topological polar surface area (TPSA) is 21.3 Å². The lowest BCUT2D eigenvalue weighted by atomic mass is 10.1. The fourth-order valence-corrected chi connectivity index (χ4v) is 2.03. The van der Waals surface area contributed by atoms with Crippen molar-refractivity contribution in [3.05, 3.63) is 64.7 Å². The molecule has 0 aliphatic carbocycles. The predicted octanol–water partition coefficient (Wildman–Crippen LogP) is 3.96. The maximum atomic E-state index is 13.7. The van der Waals surface area contributed by atoms with Crippen LogP contribution in [0.5, 0.6) is 5.75 Å². The smallest absolute Gasteiger partial charge is 0.128 e. The van der Waals surface area contributed by atoms with Crippen LogP contribution in [0, 0.1) is 11.6 Å². The van der Waals surface area contributed by atoms with E-state index in [1.807, 2.05) is 0 Å². The van der Waals surface area contributed by atoms with Gasteiger partial charge >= 0.3 is 0 Å². The van der Waals surface area contributed by atoms with Crippen LogP contribution in [-0.2, 0) is 0 Å². The van der Waals surface area contributed by atoms with Gasteiger partial charge in [-0.3, -0.25) is 0 Å². The van der Waals surface area contributed by atoms with Gasteiger partial charge in [-0.1, -0.05) is 17.7 Å². The molecular weight excluding hydrogens is 284 g/mol. The number of halogens is 3. The van der Waals surface area contributed by atoms with Crippen LogP contribution in [0.4, 0.5) is 8.78 Å². The first-order valence-electron chi connectivity index (χ1n) is 6.10. The van der Waals surface area contributed by atoms with E-state index in [0.29, 0.717) is 10.8 Å². The Morgan fingerprint density at radius 2 is 2.00 bits per heavy atom. The van der Waals surface area contributed by atoms with E-state index in [1.165, 1.54) is 0 Å². The highest BCUT2D eigenvalue weighted by Gasteiger charge is 2.15. The summed E-state index contributed by atoms with van der Waals surface area (Å²) in [6.45, 7) is 0.164. The summed E-state index contributed by atoms with van der Waals surface area (Å²) >= 11 is 5.85. The number of likely N-dealkylation sites (N-methyl/N-ethyl adjacent to an activating group) is 1. The lowest BCUT2D eigenvalue weighted by Gasteiger charge is -2.18. The molecule has 1 N–H and O–H groups in total. The van der Waals surface area contributed by atoms with Gasteiger partial charge in [0, 0.05) is 10.6 Å². The Morgan fingerprint density at radius 3 is 2.70 bits per heavy atom. The number of hydrogen-bond donors (Lipinski definition) is 1. The first kappa shape index (κ1) is 14.8. The summed E-state index contributed by atoms with van der Waals surface area (Å²) in [5, 5.41) is 3.46. The second-order valence-electron chi connectivity index (χ2n) is 4.28. The van der Waals surface area contributed by atoms with Crippen LogP contribution in [0.3, 0.4) is 0 Å². The number of benzene rings is 2. The molecule has 0 amide bonds. The Balaban J connectivity index is 2.11. The number of rotatable bonds is 5. The standard InChI is InChI=1S/C15H14ClF2NO/c1-19-15(13-8-11(17)5-6-14(13)18)9-20-12-4-2-3-10(16)7-12/h2-8,15,19H,9H2,1H3. The molecule has 2 nitrogen and oxygen atoms in total. The van der Waals surface area contributed by atoms with Crippen LogP contribution in [0.1, 0.15) is 11.6 Å². The van der Waals surface area contributed by atoms with Crippen LogP contribution < -0.4 is 10.1 Å². The SMILES string of the molecule is CNC(COc1cccc(Cl)c1)c1cc(F)ccc1F. The van der Waals surface area contributed by atoms with Crippen LogP contribution in [0.2, 0.25) is 5.02 Å². The summed E-state index contributed by atoms with van der Waals surface area (Å²) in [5.74, 6) is -0.376. The summed E-state index contributed by atoms with van der Waals surface area (Å²) in [4.78, 5) is 0. The molecule has 5 heteroatoms. The lowest BCUT2D eigenvalue weighted by molar-refractivity contribution is 0.269. The molecule has 2 rings (SSSR count). The minimum absolute atomic E-state index is 0.164. The molecular formula is C15H14ClF2NO. The number of hydrogen-bond acceptors (Lipinski definition) is 2. The van der Waals surface area contributed by atoms with Crippen molar-refractivity contribution in [1.29, 1.82) is 0 Å². The molecule has 2 aromatic rings. The quantitative estimate of drug-likeness (QED) is 0.902. The van der Waals surface area contributed by atoms with Gasteiger partial charge in [0.15, 0.2) is 0 Å². The van der Waals surface area contributed by atoms with Crippen molar-refractivity contribution in [2.24, 2.45) is 0 Å². The fourth-order valence-electron chi connectivity index (χ4n) is 1.85. The molecule has 2 aromatic carbocycles. The zero-order valence-corrected chi connectivity index (χ0v) is 11.6. The molecule has 0 saturated heterocycles. The summed E-state index contributed by atoms with van der Waals surface area (Å²) in [5.41, 5.74) is 0.231. The molecule has 0 aliphatic heterocycles. The van der Waals surface area contributed by atoms with Crippen molar-refractivity contribution in [1.82, 2.24) is 5.32 Å². The third kappa shape index (κ3) is 3.68. The minimum atomic E-state index is -0.482. The van der Waals surface area contributed by atoms with E-state index in [-0.39, 0.29) is 12.2 Å². The number of ether oxygens (including phenoxy) is 1. The Hall–Kier alpha value is -1.65. The molecule has 0 aliphatic rings. The molecule has 20 heavy (non-hydrogen) atoms. The van der Waals surface area contributed by atoms with Crippen LogP contribution in [-0.4, -0.2) is 13.7 Å². The van der Waals surface area contributed by atoms with Crippen LogP contribution in [0.15, 0.2) is 42.5 Å². The molecule has 0 spiro atoms. The van der Waals surface area contributed by atoms with Gasteiger partial charge in [0.05, 0.1) is 6.04 Å². The van der Waals surface area contributed by atoms with Crippen LogP contribution >= 0.6 is 11.6 Å². The van der Waals surface area contributed by atoms with Crippen molar-refractivity contribution < 1.29 is 13.5 Å². The highest BCUT2D eigenvalue weighted by atomic mass is 35.5. The van der Waals surface area contributed by atoms with Gasteiger partial charge in [0.1, 0.15) is 24.0 Å². The van der Waals surface area contributed by atoms with Gasteiger partial charge in [0.2, 0.25) is 0 Å². The lowest BCUT2D eigenvalue weighted by Crippen LogP contribution is -2.24. The van der Waals surface area contributed by atoms with Gasteiger partial charge in [0.25, 0.3) is 0 Å². The third-order valence-electron chi connectivity index (χ3n) is 2.89. The second-order valence-corrected chi connectivity index (χ2v) is 4.71. The summed E-state index contributed by atoms with van der Waals surface area (Å²) in [6.07, 6.45) is 0. The first-order valence-corrected chi connectivity index (χ1v) is 6.48. The van der Waals surface area contributed by atoms with E-state index in [9.17, 15) is 8.78 Å². The Labute approximate surface area is 121 Å². The highest BCUT2D eigenvalue weighted by Crippen LogP contribution is 2.21. The molecule has 0 fully saturated rings. The van der Waals surface area contributed by atoms with Crippen molar-refractivity contribution in [2.75, 3.05) is 13.7 Å². The zero-order chi connectivity index (χ0) is 14.5. The normalized spacial score (nSPS) is 12.2. The fraction of sp³-hybridized carbons (Fsp3) is 0.200. The molecule has 0 heterocycles. The van der Waals surface area contributed by atoms with E-state index in [0.717, 1.165) is 18.2 Å². The Morgan fingerprint density at radius 1 is 1.20 bits per heavy atom. The third-order valence-corrected chi connectivity index (χ3v) is 3.13. The van der Waals surface area contributed by atoms with Crippen molar-refractivity contribution in [3.8, 4) is 5.75 Å². The molecule has 0 aromatic heterocycles. The Bertz CT molecular complexity index is 592. The van der Waals surface area contributed by atoms with E-state index in [2.05, 4.69) is 5.32 Å². The van der Waals surface area contributed by atoms with E-state index in [4.69, 9.17) is 16.3 Å². The second kappa shape index (κ2) is 6.68.